The van der Waals surface area contributed by atoms with Crippen LogP contribution in [-0.2, 0) is 6.18 Å². The van der Waals surface area contributed by atoms with Crippen molar-refractivity contribution in [3.05, 3.63) is 28.8 Å². The molecule has 8 nitrogen and oxygen atoms in total. The number of hydrogen-bond acceptors (Lipinski definition) is 7. The summed E-state index contributed by atoms with van der Waals surface area (Å²) in [6.45, 7) is 0.722. The number of nitrogens with zero attached hydrogens (tertiary/aromatic N) is 2. The highest BCUT2D eigenvalue weighted by Crippen LogP contribution is 2.33. The van der Waals surface area contributed by atoms with E-state index in [9.17, 15) is 22.8 Å². The molecule has 1 aliphatic heterocycles. The molecule has 1 aromatic heterocycles. The van der Waals surface area contributed by atoms with Crippen molar-refractivity contribution < 1.29 is 32.2 Å². The zero-order valence-electron chi connectivity index (χ0n) is 12.2. The number of anilines is 1. The number of alkyl halides is 3. The van der Waals surface area contributed by atoms with Crippen molar-refractivity contribution in [2.24, 2.45) is 0 Å². The summed E-state index contributed by atoms with van der Waals surface area (Å²) in [4.78, 5) is 23.7. The molecule has 0 unspecified atom stereocenters. The number of rotatable bonds is 2. The van der Waals surface area contributed by atoms with Gasteiger partial charge in [-0.2, -0.15) is 13.2 Å². The van der Waals surface area contributed by atoms with Crippen LogP contribution in [-0.4, -0.2) is 35.3 Å². The number of aromatic nitrogens is 2. The van der Waals surface area contributed by atoms with Gasteiger partial charge in [0.2, 0.25) is 10.1 Å². The van der Waals surface area contributed by atoms with Crippen LogP contribution in [0, 0.1) is 0 Å². The predicted octanol–water partition coefficient (Wildman–Crippen LogP) is 2.29. The molecule has 1 aliphatic rings. The Morgan fingerprint density at radius 3 is 2.52 bits per heavy atom. The van der Waals surface area contributed by atoms with Crippen molar-refractivity contribution in [2.75, 3.05) is 18.5 Å². The quantitative estimate of drug-likeness (QED) is 0.836. The second-order valence-corrected chi connectivity index (χ2v) is 5.65. The number of halogens is 3. The minimum Gasteiger partial charge on any atom is -0.486 e. The van der Waals surface area contributed by atoms with E-state index < -0.39 is 23.1 Å². The van der Waals surface area contributed by atoms with Gasteiger partial charge in [0, 0.05) is 5.56 Å². The first-order valence-corrected chi connectivity index (χ1v) is 7.57. The molecule has 0 radical (unpaired) electrons. The van der Waals surface area contributed by atoms with Gasteiger partial charge in [0.15, 0.2) is 11.5 Å². The van der Waals surface area contributed by atoms with E-state index in [0.29, 0.717) is 24.7 Å². The summed E-state index contributed by atoms with van der Waals surface area (Å²) >= 11 is 0.143. The molecule has 0 saturated carbocycles. The van der Waals surface area contributed by atoms with Crippen LogP contribution in [0.3, 0.4) is 0 Å². The minimum absolute atomic E-state index is 0.118. The molecule has 2 N–H and O–H groups in total. The number of urea groups is 1. The Morgan fingerprint density at radius 1 is 1.12 bits per heavy atom. The number of nitrogens with one attached hydrogen (secondary N) is 2. The van der Waals surface area contributed by atoms with Gasteiger partial charge in [-0.25, -0.2) is 4.79 Å². The monoisotopic (exact) mass is 374 g/mol. The zero-order valence-corrected chi connectivity index (χ0v) is 13.0. The molecule has 132 valence electrons. The van der Waals surface area contributed by atoms with E-state index in [-0.39, 0.29) is 22.0 Å². The lowest BCUT2D eigenvalue weighted by molar-refractivity contribution is -0.138. The summed E-state index contributed by atoms with van der Waals surface area (Å²) in [6.07, 6.45) is -4.66. The maximum atomic E-state index is 12.4. The molecule has 0 spiro atoms. The summed E-state index contributed by atoms with van der Waals surface area (Å²) in [5.41, 5.74) is 0.118. The van der Waals surface area contributed by atoms with Crippen molar-refractivity contribution >= 4 is 28.4 Å². The molecular weight excluding hydrogens is 365 g/mol. The van der Waals surface area contributed by atoms with E-state index in [1.807, 2.05) is 10.6 Å². The highest BCUT2D eigenvalue weighted by Gasteiger charge is 2.35. The van der Waals surface area contributed by atoms with Crippen LogP contribution in [0.15, 0.2) is 18.2 Å². The van der Waals surface area contributed by atoms with Gasteiger partial charge in [0.25, 0.3) is 5.91 Å². The third kappa shape index (κ3) is 3.96. The molecule has 2 aromatic rings. The number of fused-ring (bicyclic) bond motifs is 1. The van der Waals surface area contributed by atoms with Crippen molar-refractivity contribution in [2.45, 2.75) is 6.18 Å². The van der Waals surface area contributed by atoms with Crippen LogP contribution in [0.2, 0.25) is 0 Å². The highest BCUT2D eigenvalue weighted by atomic mass is 32.1. The summed E-state index contributed by atoms with van der Waals surface area (Å²) in [7, 11) is 0. The summed E-state index contributed by atoms with van der Waals surface area (Å²) in [6, 6.07) is 3.29. The lowest BCUT2D eigenvalue weighted by atomic mass is 10.2. The van der Waals surface area contributed by atoms with Crippen molar-refractivity contribution in [1.82, 2.24) is 15.5 Å². The number of imide groups is 1. The minimum atomic E-state index is -4.66. The molecule has 2 heterocycles. The van der Waals surface area contributed by atoms with Crippen molar-refractivity contribution in [3.63, 3.8) is 0 Å². The second-order valence-electron chi connectivity index (χ2n) is 4.68. The molecule has 3 rings (SSSR count). The van der Waals surface area contributed by atoms with Crippen LogP contribution in [0.5, 0.6) is 11.5 Å². The largest absolute Gasteiger partial charge is 0.486 e. The molecule has 1 aromatic carbocycles. The Kier molecular flexibility index (Phi) is 4.44. The molecule has 3 amide bonds. The lowest BCUT2D eigenvalue weighted by Gasteiger charge is -2.18. The number of carbonyl (C=O) groups is 2. The fourth-order valence-corrected chi connectivity index (χ4v) is 2.48. The van der Waals surface area contributed by atoms with Crippen molar-refractivity contribution in [1.29, 1.82) is 0 Å². The van der Waals surface area contributed by atoms with E-state index in [1.54, 1.807) is 0 Å². The Bertz CT molecular complexity index is 824. The first-order chi connectivity index (χ1) is 11.8. The predicted molar refractivity (Wildman–Crippen MR) is 78.8 cm³/mol. The van der Waals surface area contributed by atoms with E-state index >= 15 is 0 Å². The number of benzene rings is 1. The first-order valence-electron chi connectivity index (χ1n) is 6.75. The second kappa shape index (κ2) is 6.55. The lowest BCUT2D eigenvalue weighted by Crippen LogP contribution is -2.34. The van der Waals surface area contributed by atoms with Gasteiger partial charge in [-0.3, -0.25) is 15.4 Å². The molecule has 0 saturated heterocycles. The average molecular weight is 374 g/mol. The normalized spacial score (nSPS) is 13.2. The molecule has 12 heteroatoms. The van der Waals surface area contributed by atoms with Gasteiger partial charge in [0.05, 0.1) is 0 Å². The fraction of sp³-hybridized carbons (Fsp3) is 0.231. The van der Waals surface area contributed by atoms with E-state index in [0.717, 1.165) is 0 Å². The fourth-order valence-electron chi connectivity index (χ4n) is 1.88. The number of carbonyl (C=O) groups excluding carboxylic acids is 2. The van der Waals surface area contributed by atoms with Gasteiger partial charge in [0.1, 0.15) is 13.2 Å². The van der Waals surface area contributed by atoms with Crippen LogP contribution in [0.25, 0.3) is 0 Å². The Hall–Kier alpha value is -2.89. The Morgan fingerprint density at radius 2 is 1.84 bits per heavy atom. The maximum Gasteiger partial charge on any atom is 0.445 e. The zero-order chi connectivity index (χ0) is 18.0. The standard InChI is InChI=1S/C13H9F3N4O4S/c14-13(15,16)10-19-20-12(25-10)18-11(22)17-9(21)6-1-2-7-8(5-6)24-4-3-23-7/h1-2,5H,3-4H2,(H2,17,18,20,21,22). The van der Waals surface area contributed by atoms with Gasteiger partial charge in [-0.15, -0.1) is 10.2 Å². The van der Waals surface area contributed by atoms with E-state index in [4.69, 9.17) is 9.47 Å². The van der Waals surface area contributed by atoms with Crippen LogP contribution < -0.4 is 20.1 Å². The average Bonchev–Trinajstić information content (AvgIpc) is 3.03. The van der Waals surface area contributed by atoms with E-state index in [2.05, 4.69) is 10.2 Å². The van der Waals surface area contributed by atoms with Gasteiger partial charge < -0.3 is 9.47 Å². The molecule has 0 aliphatic carbocycles. The van der Waals surface area contributed by atoms with Gasteiger partial charge in [-0.1, -0.05) is 11.3 Å². The summed E-state index contributed by atoms with van der Waals surface area (Å²) in [5.74, 6) is 0.0640. The number of ether oxygens (including phenoxy) is 2. The summed E-state index contributed by atoms with van der Waals surface area (Å²) < 4.78 is 47.9. The molecule has 0 bridgehead atoms. The number of hydrogen-bond donors (Lipinski definition) is 2. The first kappa shape index (κ1) is 17.0. The molecule has 25 heavy (non-hydrogen) atoms. The van der Waals surface area contributed by atoms with Crippen LogP contribution in [0.1, 0.15) is 15.4 Å². The van der Waals surface area contributed by atoms with Gasteiger partial charge in [-0.05, 0) is 18.2 Å². The maximum absolute atomic E-state index is 12.4. The highest BCUT2D eigenvalue weighted by molar-refractivity contribution is 7.15. The number of amides is 3. The Balaban J connectivity index is 1.63. The van der Waals surface area contributed by atoms with Crippen LogP contribution >= 0.6 is 11.3 Å². The van der Waals surface area contributed by atoms with Gasteiger partial charge >= 0.3 is 12.2 Å². The van der Waals surface area contributed by atoms with Crippen LogP contribution in [0.4, 0.5) is 23.1 Å². The Labute approximate surface area is 142 Å². The van der Waals surface area contributed by atoms with Crippen molar-refractivity contribution in [3.8, 4) is 11.5 Å². The van der Waals surface area contributed by atoms with E-state index in [1.165, 1.54) is 18.2 Å². The third-order valence-corrected chi connectivity index (χ3v) is 3.80. The molecule has 0 fully saturated rings. The topological polar surface area (TPSA) is 102 Å². The smallest absolute Gasteiger partial charge is 0.445 e. The molecular formula is C13H9F3N4O4S. The third-order valence-electron chi connectivity index (χ3n) is 2.92. The summed E-state index contributed by atoms with van der Waals surface area (Å²) in [5, 5.41) is 8.49. The SMILES string of the molecule is O=C(NC(=O)c1ccc2c(c1)OCCO2)Nc1nnc(C(F)(F)F)s1. The molecule has 0 atom stereocenters.